The zero-order valence-electron chi connectivity index (χ0n) is 23.2. The van der Waals surface area contributed by atoms with E-state index in [9.17, 15) is 21.6 Å². The lowest BCUT2D eigenvalue weighted by Gasteiger charge is -2.20. The molecule has 0 heterocycles. The minimum absolute atomic E-state index is 0.0106. The lowest BCUT2D eigenvalue weighted by atomic mass is 10.1. The van der Waals surface area contributed by atoms with Crippen molar-refractivity contribution in [1.82, 2.24) is 10.1 Å². The van der Waals surface area contributed by atoms with Crippen molar-refractivity contribution in [3.8, 4) is 11.5 Å². The molecule has 3 rings (SSSR count). The summed E-state index contributed by atoms with van der Waals surface area (Å²) < 4.78 is 65.1. The lowest BCUT2D eigenvalue weighted by molar-refractivity contribution is -0.123. The van der Waals surface area contributed by atoms with Crippen molar-refractivity contribution in [2.45, 2.75) is 50.5 Å². The highest BCUT2D eigenvalue weighted by Gasteiger charge is 2.28. The Morgan fingerprint density at radius 3 is 2.05 bits per heavy atom. The van der Waals surface area contributed by atoms with Crippen LogP contribution in [0.2, 0.25) is 0 Å². The lowest BCUT2D eigenvalue weighted by Crippen LogP contribution is -2.48. The van der Waals surface area contributed by atoms with Crippen LogP contribution in [0.25, 0.3) is 0 Å². The van der Waals surface area contributed by atoms with Gasteiger partial charge in [-0.25, -0.2) is 13.8 Å². The molecule has 0 aliphatic heterocycles. The summed E-state index contributed by atoms with van der Waals surface area (Å²) >= 11 is 3.33. The van der Waals surface area contributed by atoms with Gasteiger partial charge in [-0.2, -0.15) is 18.2 Å². The highest BCUT2D eigenvalue weighted by molar-refractivity contribution is 9.10. The van der Waals surface area contributed by atoms with E-state index in [0.717, 1.165) is 11.1 Å². The monoisotopic (exact) mass is 665 g/mol. The number of hydrogen-bond acceptors (Lipinski definition) is 8. The minimum atomic E-state index is -4.15. The van der Waals surface area contributed by atoms with Crippen LogP contribution in [0, 0.1) is 19.8 Å². The van der Waals surface area contributed by atoms with Gasteiger partial charge in [0.05, 0.1) is 22.2 Å². The molecule has 1 atom stereocenters. The van der Waals surface area contributed by atoms with Crippen molar-refractivity contribution >= 4 is 48.2 Å². The smallest absolute Gasteiger partial charge is 0.339 e. The molecule has 0 saturated carbocycles. The van der Waals surface area contributed by atoms with Crippen LogP contribution < -0.4 is 19.1 Å². The Balaban J connectivity index is 1.78. The molecule has 0 unspecified atom stereocenters. The second kappa shape index (κ2) is 13.6. The first-order chi connectivity index (χ1) is 19.2. The van der Waals surface area contributed by atoms with Crippen LogP contribution in [0.4, 0.5) is 0 Å². The number of carbonyl (C=O) groups is 1. The predicted molar refractivity (Wildman–Crippen MR) is 160 cm³/mol. The molecule has 0 aliphatic rings. The summed E-state index contributed by atoms with van der Waals surface area (Å²) in [6.45, 7) is 9.06. The molecule has 13 heteroatoms. The van der Waals surface area contributed by atoms with Crippen LogP contribution in [-0.4, -0.2) is 41.6 Å². The third kappa shape index (κ3) is 8.62. The van der Waals surface area contributed by atoms with Gasteiger partial charge in [0, 0.05) is 0 Å². The number of rotatable bonds is 12. The van der Waals surface area contributed by atoms with E-state index in [4.69, 9.17) is 8.92 Å². The first-order valence-electron chi connectivity index (χ1n) is 12.6. The molecule has 1 amide bonds. The zero-order valence-corrected chi connectivity index (χ0v) is 26.4. The number of benzene rings is 3. The molecule has 0 radical (unpaired) electrons. The summed E-state index contributed by atoms with van der Waals surface area (Å²) in [4.78, 5) is 12.9. The van der Waals surface area contributed by atoms with E-state index < -0.39 is 32.1 Å². The summed E-state index contributed by atoms with van der Waals surface area (Å²) in [5, 5.41) is 3.97. The number of halogens is 1. The molecular formula is C28H32BrN3O7S2. The Morgan fingerprint density at radius 1 is 0.951 bits per heavy atom. The molecule has 0 spiro atoms. The third-order valence-electron chi connectivity index (χ3n) is 5.79. The number of carbonyl (C=O) groups excluding carboxylic acids is 1. The number of amides is 1. The molecule has 3 aromatic carbocycles. The number of nitrogens with zero attached hydrogens (tertiary/aromatic N) is 1. The first kappa shape index (κ1) is 32.3. The first-order valence-corrected chi connectivity index (χ1v) is 16.3. The maximum Gasteiger partial charge on any atom is 0.339 e. The van der Waals surface area contributed by atoms with Crippen molar-refractivity contribution < 1.29 is 30.6 Å². The molecule has 220 valence electrons. The molecule has 0 aliphatic carbocycles. The van der Waals surface area contributed by atoms with Gasteiger partial charge in [0.2, 0.25) is 10.0 Å². The summed E-state index contributed by atoms with van der Waals surface area (Å²) in [5.41, 5.74) is 4.62. The Labute approximate surface area is 249 Å². The summed E-state index contributed by atoms with van der Waals surface area (Å²) in [6.07, 6.45) is 1.31. The van der Waals surface area contributed by atoms with Gasteiger partial charge in [0.25, 0.3) is 5.91 Å². The van der Waals surface area contributed by atoms with Crippen LogP contribution in [0.3, 0.4) is 0 Å². The number of ether oxygens (including phenoxy) is 1. The Morgan fingerprint density at radius 2 is 1.51 bits per heavy atom. The Kier molecular flexibility index (Phi) is 10.7. The molecule has 2 N–H and O–H groups in total. The largest absolute Gasteiger partial charge is 0.490 e. The predicted octanol–water partition coefficient (Wildman–Crippen LogP) is 4.69. The molecular weight excluding hydrogens is 634 g/mol. The number of hydrogen-bond donors (Lipinski definition) is 2. The molecule has 0 aromatic heterocycles. The van der Waals surface area contributed by atoms with Crippen molar-refractivity contribution in [1.29, 1.82) is 0 Å². The number of sulfonamides is 1. The van der Waals surface area contributed by atoms with Crippen molar-refractivity contribution in [3.05, 3.63) is 81.8 Å². The minimum Gasteiger partial charge on any atom is -0.490 e. The Bertz CT molecular complexity index is 1620. The van der Waals surface area contributed by atoms with E-state index in [1.807, 2.05) is 13.8 Å². The van der Waals surface area contributed by atoms with Gasteiger partial charge in [0.1, 0.15) is 10.9 Å². The average Bonchev–Trinajstić information content (AvgIpc) is 2.90. The SMILES string of the molecule is CCOc1cc(/C=N\NC(=O)[C@H](NS(=O)(=O)c2ccc(C)cc2)C(C)C)cc(Br)c1OS(=O)(=O)c1ccc(C)cc1. The van der Waals surface area contributed by atoms with Crippen LogP contribution >= 0.6 is 15.9 Å². The fraction of sp³-hybridized carbons (Fsp3) is 0.286. The fourth-order valence-corrected chi connectivity index (χ4v) is 6.50. The number of aryl methyl sites for hydroxylation is 2. The van der Waals surface area contributed by atoms with E-state index in [1.165, 1.54) is 42.6 Å². The van der Waals surface area contributed by atoms with Gasteiger partial charge in [-0.05, 0) is 84.6 Å². The zero-order chi connectivity index (χ0) is 30.4. The van der Waals surface area contributed by atoms with Gasteiger partial charge in [0.15, 0.2) is 11.5 Å². The van der Waals surface area contributed by atoms with E-state index >= 15 is 0 Å². The van der Waals surface area contributed by atoms with Gasteiger partial charge in [-0.15, -0.1) is 0 Å². The number of nitrogens with one attached hydrogen (secondary N) is 2. The van der Waals surface area contributed by atoms with Crippen molar-refractivity contribution in [2.75, 3.05) is 6.61 Å². The summed E-state index contributed by atoms with van der Waals surface area (Å²) in [6, 6.07) is 14.5. The van der Waals surface area contributed by atoms with Gasteiger partial charge in [-0.1, -0.05) is 49.2 Å². The second-order valence-electron chi connectivity index (χ2n) is 9.50. The van der Waals surface area contributed by atoms with Crippen LogP contribution in [0.15, 0.2) is 80.0 Å². The summed E-state index contributed by atoms with van der Waals surface area (Å²) in [5.74, 6) is -0.938. The molecule has 0 saturated heterocycles. The molecule has 41 heavy (non-hydrogen) atoms. The van der Waals surface area contributed by atoms with Crippen LogP contribution in [0.1, 0.15) is 37.5 Å². The van der Waals surface area contributed by atoms with Gasteiger partial charge >= 0.3 is 10.1 Å². The van der Waals surface area contributed by atoms with Gasteiger partial charge < -0.3 is 8.92 Å². The average molecular weight is 667 g/mol. The number of hydrazone groups is 1. The van der Waals surface area contributed by atoms with Crippen molar-refractivity contribution in [3.63, 3.8) is 0 Å². The Hall–Kier alpha value is -3.26. The normalized spacial score (nSPS) is 12.9. The summed E-state index contributed by atoms with van der Waals surface area (Å²) in [7, 11) is -8.10. The topological polar surface area (TPSA) is 140 Å². The standard InChI is InChI=1S/C28H32BrN3O7S2/c1-6-38-25-16-21(15-24(29)27(25)39-41(36,37)23-13-9-20(5)10-14-23)17-30-31-28(33)26(18(2)3)32-40(34,35)22-11-7-19(4)8-12-22/h7-18,26,32H,6H2,1-5H3,(H,31,33)/b30-17-/t26-/m1/s1. The molecule has 3 aromatic rings. The van der Waals surface area contributed by atoms with E-state index in [0.29, 0.717) is 5.56 Å². The maximum atomic E-state index is 12.9. The van der Waals surface area contributed by atoms with E-state index in [2.05, 4.69) is 31.2 Å². The van der Waals surface area contributed by atoms with Crippen LogP contribution in [0.5, 0.6) is 11.5 Å². The second-order valence-corrected chi connectivity index (χ2v) is 13.6. The third-order valence-corrected chi connectivity index (χ3v) is 9.07. The molecule has 0 fully saturated rings. The maximum absolute atomic E-state index is 12.9. The molecule has 0 bridgehead atoms. The quantitative estimate of drug-likeness (QED) is 0.163. The van der Waals surface area contributed by atoms with Crippen molar-refractivity contribution in [2.24, 2.45) is 11.0 Å². The highest BCUT2D eigenvalue weighted by atomic mass is 79.9. The fourth-order valence-electron chi connectivity index (χ4n) is 3.55. The molecule has 10 nitrogen and oxygen atoms in total. The van der Waals surface area contributed by atoms with E-state index in [1.54, 1.807) is 45.0 Å². The van der Waals surface area contributed by atoms with Crippen LogP contribution in [-0.2, 0) is 24.9 Å². The van der Waals surface area contributed by atoms with E-state index in [-0.39, 0.29) is 38.3 Å². The highest BCUT2D eigenvalue weighted by Crippen LogP contribution is 2.38. The van der Waals surface area contributed by atoms with Gasteiger partial charge in [-0.3, -0.25) is 4.79 Å².